The molecule has 1 atom stereocenters. The van der Waals surface area contributed by atoms with Crippen LogP contribution in [0.1, 0.15) is 278 Å². The highest BCUT2D eigenvalue weighted by Gasteiger charge is 2.19. The van der Waals surface area contributed by atoms with Gasteiger partial charge in [0, 0.05) is 19.3 Å². The number of carbonyl (C=O) groups excluding carboxylic acids is 3. The molecule has 71 heavy (non-hydrogen) atoms. The Morgan fingerprint density at radius 3 is 0.930 bits per heavy atom. The van der Waals surface area contributed by atoms with E-state index in [-0.39, 0.29) is 31.1 Å². The molecule has 0 heterocycles. The van der Waals surface area contributed by atoms with Crippen LogP contribution < -0.4 is 0 Å². The summed E-state index contributed by atoms with van der Waals surface area (Å²) in [5.41, 5.74) is 0. The monoisotopic (exact) mass is 987 g/mol. The first kappa shape index (κ1) is 67.3. The Balaban J connectivity index is 4.00. The number of ether oxygens (including phenoxy) is 3. The third-order valence-electron chi connectivity index (χ3n) is 12.6. The van der Waals surface area contributed by atoms with Gasteiger partial charge in [0.05, 0.1) is 0 Å². The van der Waals surface area contributed by atoms with Gasteiger partial charge in [0.25, 0.3) is 0 Å². The normalized spacial score (nSPS) is 12.8. The molecule has 0 amide bonds. The number of allylic oxidation sites excluding steroid dienone is 16. The highest BCUT2D eigenvalue weighted by Crippen LogP contribution is 2.16. The molecule has 0 aliphatic carbocycles. The molecule has 1 unspecified atom stereocenters. The SMILES string of the molecule is CC/C=C\C/C=C\C/C=C\C/C=C\C/C=C\C/C=C\C/C=C\CCCCCCCCCCCCCCCC(=O)OCC(COC(=O)CCCCCCCCCC)OC(=O)CCCCCCC/C=C\CCC. The first-order valence-electron chi connectivity index (χ1n) is 29.7. The maximum absolute atomic E-state index is 12.7. The lowest BCUT2D eigenvalue weighted by molar-refractivity contribution is -0.167. The second kappa shape index (κ2) is 58.9. The summed E-state index contributed by atoms with van der Waals surface area (Å²) in [7, 11) is 0. The summed E-state index contributed by atoms with van der Waals surface area (Å²) in [4.78, 5) is 37.8. The molecule has 0 radical (unpaired) electrons. The van der Waals surface area contributed by atoms with Crippen LogP contribution in [0.15, 0.2) is 97.2 Å². The molecule has 0 fully saturated rings. The number of hydrogen-bond donors (Lipinski definition) is 0. The first-order chi connectivity index (χ1) is 35.0. The van der Waals surface area contributed by atoms with Crippen molar-refractivity contribution in [3.8, 4) is 0 Å². The minimum Gasteiger partial charge on any atom is -0.462 e. The highest BCUT2D eigenvalue weighted by atomic mass is 16.6. The number of esters is 3. The van der Waals surface area contributed by atoms with Crippen LogP contribution in [0.4, 0.5) is 0 Å². The smallest absolute Gasteiger partial charge is 0.306 e. The van der Waals surface area contributed by atoms with E-state index in [4.69, 9.17) is 14.2 Å². The predicted molar refractivity (Wildman–Crippen MR) is 307 cm³/mol. The largest absolute Gasteiger partial charge is 0.462 e. The Hall–Kier alpha value is -3.67. The van der Waals surface area contributed by atoms with Crippen LogP contribution in [0.25, 0.3) is 0 Å². The Labute approximate surface area is 438 Å². The second-order valence-electron chi connectivity index (χ2n) is 19.5. The molecule has 0 saturated heterocycles. The third-order valence-corrected chi connectivity index (χ3v) is 12.6. The molecule has 0 rings (SSSR count). The molecule has 0 aliphatic rings. The second-order valence-corrected chi connectivity index (χ2v) is 19.5. The zero-order chi connectivity index (χ0) is 51.4. The van der Waals surface area contributed by atoms with E-state index in [2.05, 4.69) is 118 Å². The molecule has 0 aromatic heterocycles. The summed E-state index contributed by atoms with van der Waals surface area (Å²) in [6.07, 6.45) is 78.7. The van der Waals surface area contributed by atoms with Gasteiger partial charge in [0.2, 0.25) is 0 Å². The van der Waals surface area contributed by atoms with E-state index in [1.54, 1.807) is 0 Å². The van der Waals surface area contributed by atoms with Gasteiger partial charge in [-0.25, -0.2) is 0 Å². The molecule has 0 N–H and O–H groups in total. The van der Waals surface area contributed by atoms with Gasteiger partial charge >= 0.3 is 17.9 Å². The quantitative estimate of drug-likeness (QED) is 0.0261. The van der Waals surface area contributed by atoms with Gasteiger partial charge in [0.1, 0.15) is 13.2 Å². The maximum atomic E-state index is 12.7. The van der Waals surface area contributed by atoms with Crippen molar-refractivity contribution in [1.82, 2.24) is 0 Å². The molecule has 0 spiro atoms. The molecule has 6 nitrogen and oxygen atoms in total. The van der Waals surface area contributed by atoms with Crippen molar-refractivity contribution in [2.24, 2.45) is 0 Å². The number of rotatable bonds is 53. The van der Waals surface area contributed by atoms with E-state index in [0.717, 1.165) is 122 Å². The van der Waals surface area contributed by atoms with Crippen molar-refractivity contribution < 1.29 is 28.6 Å². The Morgan fingerprint density at radius 1 is 0.296 bits per heavy atom. The lowest BCUT2D eigenvalue weighted by Gasteiger charge is -2.18. The van der Waals surface area contributed by atoms with Gasteiger partial charge < -0.3 is 14.2 Å². The Kier molecular flexibility index (Phi) is 55.9. The number of hydrogen-bond acceptors (Lipinski definition) is 6. The lowest BCUT2D eigenvalue weighted by Crippen LogP contribution is -2.30. The minimum absolute atomic E-state index is 0.0778. The average molecular weight is 988 g/mol. The van der Waals surface area contributed by atoms with Gasteiger partial charge in [-0.15, -0.1) is 0 Å². The van der Waals surface area contributed by atoms with Crippen LogP contribution >= 0.6 is 0 Å². The van der Waals surface area contributed by atoms with E-state index < -0.39 is 6.10 Å². The Bertz CT molecular complexity index is 1410. The predicted octanol–water partition coefficient (Wildman–Crippen LogP) is 20.1. The topological polar surface area (TPSA) is 78.9 Å². The zero-order valence-corrected chi connectivity index (χ0v) is 46.5. The summed E-state index contributed by atoms with van der Waals surface area (Å²) in [5.74, 6) is -0.892. The fourth-order valence-electron chi connectivity index (χ4n) is 8.13. The fourth-order valence-corrected chi connectivity index (χ4v) is 8.13. The van der Waals surface area contributed by atoms with Crippen LogP contribution in [0.2, 0.25) is 0 Å². The molecule has 406 valence electrons. The Morgan fingerprint density at radius 2 is 0.577 bits per heavy atom. The van der Waals surface area contributed by atoms with Crippen LogP contribution in [0, 0.1) is 0 Å². The van der Waals surface area contributed by atoms with Crippen molar-refractivity contribution in [2.75, 3.05) is 13.2 Å². The molecular weight excluding hydrogens is 877 g/mol. The van der Waals surface area contributed by atoms with Gasteiger partial charge in [0.15, 0.2) is 6.10 Å². The average Bonchev–Trinajstić information content (AvgIpc) is 3.37. The number of carbonyl (C=O) groups is 3. The van der Waals surface area contributed by atoms with Gasteiger partial charge in [-0.2, -0.15) is 0 Å². The van der Waals surface area contributed by atoms with Crippen molar-refractivity contribution in [3.63, 3.8) is 0 Å². The molecule has 0 bridgehead atoms. The van der Waals surface area contributed by atoms with Gasteiger partial charge in [-0.3, -0.25) is 14.4 Å². The van der Waals surface area contributed by atoms with E-state index in [1.807, 2.05) is 0 Å². The molecule has 0 aromatic rings. The number of unbranched alkanes of at least 4 members (excludes halogenated alkanes) is 26. The van der Waals surface area contributed by atoms with Crippen LogP contribution in [0.3, 0.4) is 0 Å². The van der Waals surface area contributed by atoms with Crippen molar-refractivity contribution >= 4 is 17.9 Å². The molecule has 0 aliphatic heterocycles. The summed E-state index contributed by atoms with van der Waals surface area (Å²) in [6, 6.07) is 0. The molecule has 0 aromatic carbocycles. The van der Waals surface area contributed by atoms with E-state index in [1.165, 1.54) is 116 Å². The summed E-state index contributed by atoms with van der Waals surface area (Å²) in [6.45, 7) is 6.43. The summed E-state index contributed by atoms with van der Waals surface area (Å²) < 4.78 is 16.7. The molecule has 0 saturated carbocycles. The van der Waals surface area contributed by atoms with Crippen LogP contribution in [-0.4, -0.2) is 37.2 Å². The summed E-state index contributed by atoms with van der Waals surface area (Å²) in [5, 5.41) is 0. The van der Waals surface area contributed by atoms with E-state index in [9.17, 15) is 14.4 Å². The highest BCUT2D eigenvalue weighted by molar-refractivity contribution is 5.71. The third kappa shape index (κ3) is 57.1. The van der Waals surface area contributed by atoms with Crippen molar-refractivity contribution in [1.29, 1.82) is 0 Å². The van der Waals surface area contributed by atoms with Crippen molar-refractivity contribution in [2.45, 2.75) is 284 Å². The standard InChI is InChI=1S/C65H110O6/c1-4-7-10-13-16-19-21-22-23-24-25-26-27-28-29-30-31-32-33-34-35-36-37-38-39-40-41-42-43-44-45-47-49-52-55-58-64(67)70-61-62(60-69-63(66)57-54-51-48-18-15-12-9-6-3)71-65(68)59-56-53-50-46-20-17-14-11-8-5-2/h7,10-11,14,16,19,22-23,25-26,28-29,31-32,34-35,62H,4-6,8-9,12-13,15,17-18,20-21,24,27,30,33,36-61H2,1-3H3/b10-7-,14-11-,19-16-,23-22-,26-25-,29-28-,32-31-,35-34-. The van der Waals surface area contributed by atoms with Gasteiger partial charge in [-0.05, 0) is 96.3 Å². The molecular formula is C65H110O6. The minimum atomic E-state index is -0.776. The van der Waals surface area contributed by atoms with Crippen molar-refractivity contribution in [3.05, 3.63) is 97.2 Å². The lowest BCUT2D eigenvalue weighted by atomic mass is 10.0. The summed E-state index contributed by atoms with van der Waals surface area (Å²) >= 11 is 0. The fraction of sp³-hybridized carbons (Fsp3) is 0.708. The molecule has 6 heteroatoms. The van der Waals surface area contributed by atoms with Gasteiger partial charge in [-0.1, -0.05) is 259 Å². The zero-order valence-electron chi connectivity index (χ0n) is 46.5. The van der Waals surface area contributed by atoms with Crippen LogP contribution in [-0.2, 0) is 28.6 Å². The first-order valence-corrected chi connectivity index (χ1v) is 29.7. The van der Waals surface area contributed by atoms with Crippen LogP contribution in [0.5, 0.6) is 0 Å². The van der Waals surface area contributed by atoms with E-state index in [0.29, 0.717) is 19.3 Å². The van der Waals surface area contributed by atoms with E-state index >= 15 is 0 Å². The maximum Gasteiger partial charge on any atom is 0.306 e.